The van der Waals surface area contributed by atoms with Crippen molar-refractivity contribution < 1.29 is 222 Å². The minimum atomic E-state index is -2.57. The molecule has 9 fully saturated rings. The van der Waals surface area contributed by atoms with Crippen molar-refractivity contribution in [1.82, 2.24) is 21.3 Å². The van der Waals surface area contributed by atoms with Gasteiger partial charge in [0, 0.05) is 27.7 Å². The predicted molar refractivity (Wildman–Crippen MR) is 342 cm³/mol. The van der Waals surface area contributed by atoms with Gasteiger partial charge < -0.3 is 224 Å². The fourth-order valence-electron chi connectivity index (χ4n) is 14.3. The number of carbonyl (C=O) groups excluding carboxylic acids is 4. The van der Waals surface area contributed by atoms with Crippen LogP contribution in [0.1, 0.15) is 34.6 Å². The normalized spacial score (nSPS) is 49.3. The van der Waals surface area contributed by atoms with Gasteiger partial charge in [-0.1, -0.05) is 0 Å². The molecule has 9 heterocycles. The van der Waals surface area contributed by atoms with E-state index in [-0.39, 0.29) is 0 Å². The van der Waals surface area contributed by atoms with Gasteiger partial charge in [-0.2, -0.15) is 0 Å². The first-order valence-corrected chi connectivity index (χ1v) is 35.5. The quantitative estimate of drug-likeness (QED) is 0.0346. The number of hydrogen-bond acceptors (Lipinski definition) is 45. The molecule has 0 radical (unpaired) electrons. The number of carbonyl (C=O) groups is 4. The third kappa shape index (κ3) is 20.3. The molecule has 28 N–H and O–H groups in total. The molecule has 0 bridgehead atoms. The molecule has 9 unspecified atom stereocenters. The van der Waals surface area contributed by atoms with E-state index in [4.69, 9.17) is 80.5 Å². The van der Waals surface area contributed by atoms with E-state index >= 15 is 0 Å². The van der Waals surface area contributed by atoms with E-state index in [1.807, 2.05) is 0 Å². The molecular weight excluding hydrogens is 1520 g/mol. The molecule has 0 spiro atoms. The zero-order valence-corrected chi connectivity index (χ0v) is 59.9. The Bertz CT molecular complexity index is 2950. The van der Waals surface area contributed by atoms with Crippen molar-refractivity contribution in [3.63, 3.8) is 0 Å². The summed E-state index contributed by atoms with van der Waals surface area (Å²) >= 11 is 0. The van der Waals surface area contributed by atoms with Gasteiger partial charge in [-0.05, 0) is 6.92 Å². The monoisotopic (exact) mass is 1620 g/mol. The number of amides is 4. The molecule has 0 aromatic heterocycles. The predicted octanol–water partition coefficient (Wildman–Crippen LogP) is -19.0. The van der Waals surface area contributed by atoms with Crippen LogP contribution in [0.5, 0.6) is 0 Å². The van der Waals surface area contributed by atoms with Gasteiger partial charge in [0.05, 0.1) is 59.0 Å². The molecule has 111 heavy (non-hydrogen) atoms. The van der Waals surface area contributed by atoms with E-state index in [0.717, 1.165) is 27.7 Å². The van der Waals surface area contributed by atoms with Crippen molar-refractivity contribution in [3.8, 4) is 0 Å². The second kappa shape index (κ2) is 39.7. The summed E-state index contributed by atoms with van der Waals surface area (Å²) in [6, 6.07) is -7.40. The molecule has 9 saturated heterocycles. The average Bonchev–Trinajstić information content (AvgIpc) is 0.770. The first-order valence-electron chi connectivity index (χ1n) is 35.5. The summed E-state index contributed by atoms with van der Waals surface area (Å²) in [6.45, 7) is -3.36. The van der Waals surface area contributed by atoms with Crippen molar-refractivity contribution >= 4 is 23.6 Å². The van der Waals surface area contributed by atoms with E-state index < -0.39 is 353 Å². The Kier molecular flexibility index (Phi) is 32.6. The molecule has 49 heteroatoms. The maximum Gasteiger partial charge on any atom is 0.217 e. The van der Waals surface area contributed by atoms with Crippen LogP contribution >= 0.6 is 0 Å². The molecule has 642 valence electrons. The van der Waals surface area contributed by atoms with Gasteiger partial charge in [-0.15, -0.1) is 0 Å². The largest absolute Gasteiger partial charge is 0.394 e. The molecule has 0 saturated carbocycles. The summed E-state index contributed by atoms with van der Waals surface area (Å²) in [5.41, 5.74) is 0. The minimum Gasteiger partial charge on any atom is -0.394 e. The molecule has 4 amide bonds. The number of hydrogen-bond donors (Lipinski definition) is 28. The zero-order chi connectivity index (χ0) is 81.8. The van der Waals surface area contributed by atoms with Crippen LogP contribution in [0.25, 0.3) is 0 Å². The van der Waals surface area contributed by atoms with Crippen LogP contribution in [0, 0.1) is 0 Å². The highest BCUT2D eigenvalue weighted by Crippen LogP contribution is 2.40. The van der Waals surface area contributed by atoms with Crippen LogP contribution in [0.4, 0.5) is 0 Å². The molecule has 49 nitrogen and oxygen atoms in total. The average molecular weight is 1630 g/mol. The Morgan fingerprint density at radius 2 is 0.559 bits per heavy atom. The first-order chi connectivity index (χ1) is 52.4. The third-order valence-electron chi connectivity index (χ3n) is 20.3. The van der Waals surface area contributed by atoms with Crippen molar-refractivity contribution in [3.05, 3.63) is 0 Å². The lowest BCUT2D eigenvalue weighted by Crippen LogP contribution is -2.71. The van der Waals surface area contributed by atoms with Crippen molar-refractivity contribution in [2.45, 2.75) is 311 Å². The molecular formula is C62H104N4O45. The fraction of sp³-hybridized carbons (Fsp3) is 0.935. The Morgan fingerprint density at radius 3 is 1.03 bits per heavy atom. The van der Waals surface area contributed by atoms with Crippen LogP contribution in [0.15, 0.2) is 0 Å². The smallest absolute Gasteiger partial charge is 0.217 e. The topological polar surface area (TPSA) is 759 Å². The van der Waals surface area contributed by atoms with E-state index in [1.165, 1.54) is 6.92 Å². The third-order valence-corrected chi connectivity index (χ3v) is 20.3. The molecule has 45 atom stereocenters. The van der Waals surface area contributed by atoms with Gasteiger partial charge in [0.15, 0.2) is 56.6 Å². The van der Waals surface area contributed by atoms with Crippen LogP contribution < -0.4 is 21.3 Å². The fourth-order valence-corrected chi connectivity index (χ4v) is 14.3. The summed E-state index contributed by atoms with van der Waals surface area (Å²) in [4.78, 5) is 50.9. The lowest BCUT2D eigenvalue weighted by Gasteiger charge is -2.51. The second-order valence-electron chi connectivity index (χ2n) is 28.2. The Balaban J connectivity index is 1.05. The van der Waals surface area contributed by atoms with Crippen molar-refractivity contribution in [2.24, 2.45) is 0 Å². The van der Waals surface area contributed by atoms with Gasteiger partial charge >= 0.3 is 0 Å². The Hall–Kier alpha value is -3.76. The van der Waals surface area contributed by atoms with E-state index in [1.54, 1.807) is 0 Å². The summed E-state index contributed by atoms with van der Waals surface area (Å²) in [5.74, 6) is -3.59. The first kappa shape index (κ1) is 91.1. The maximum atomic E-state index is 13.2. The summed E-state index contributed by atoms with van der Waals surface area (Å²) < 4.78 is 101. The van der Waals surface area contributed by atoms with Crippen molar-refractivity contribution in [1.29, 1.82) is 0 Å². The highest BCUT2D eigenvalue weighted by molar-refractivity contribution is 5.74. The lowest BCUT2D eigenvalue weighted by atomic mass is 9.93. The maximum absolute atomic E-state index is 13.2. The van der Waals surface area contributed by atoms with Crippen LogP contribution in [0.2, 0.25) is 0 Å². The van der Waals surface area contributed by atoms with Gasteiger partial charge in [-0.3, -0.25) is 19.2 Å². The minimum absolute atomic E-state index is 0.828. The van der Waals surface area contributed by atoms with E-state index in [2.05, 4.69) is 21.3 Å². The standard InChI is InChI=1S/C62H104N4O45/c1-14-31(77)41(87)45(91)58(97-14)95-13-26-50(38(84)27(54(94)98-26)63-15(2)73)106-56-29(65-17(4)75)39(85)49(24(11-72)103-56)108-60-47(93)51(36(82)25(105-60)12-96-61-52(43(89)34(80)21(8-69)101-61)110-55-28(64-16(3)74)37(83)32(78)19(6-67)99-55)109-62-53(44(90)35(81)22(9-70)102-62)111-57-30(66-18(5)76)40(86)48(23(10-71)104-57)107-59-46(92)42(88)33(79)20(7-68)100-59/h14,19-62,67-72,77-94H,6-13H2,1-5H3,(H,63,73)(H,64,74)(H,65,75)(H,66,76)/t14-,19+,20+,21+,22+,23+,24+,25+,26+,27+,28+,29+,30+,31+,32+,33-,34+,35+,36+,37+,38+,39+,40+,41+,42-,43-,44-,45-,46+,47-,48+,49+,50+,51-,52-,53-,54?,55?,56?,57?,58?,59?,60?,61?,62?/m0/s1. The number of rotatable bonds is 28. The molecule has 0 aromatic carbocycles. The Morgan fingerprint density at radius 1 is 0.252 bits per heavy atom. The van der Waals surface area contributed by atoms with Crippen LogP contribution in [-0.4, -0.2) is 475 Å². The number of aliphatic hydroxyl groups excluding tert-OH is 24. The Labute approximate surface area is 629 Å². The van der Waals surface area contributed by atoms with Crippen molar-refractivity contribution in [2.75, 3.05) is 52.9 Å². The van der Waals surface area contributed by atoms with Crippen LogP contribution in [-0.2, 0) is 99.7 Å². The summed E-state index contributed by atoms with van der Waals surface area (Å²) in [7, 11) is 0. The molecule has 9 rings (SSSR count). The highest BCUT2D eigenvalue weighted by Gasteiger charge is 2.61. The number of nitrogens with one attached hydrogen (secondary N) is 4. The molecule has 0 aromatic rings. The van der Waals surface area contributed by atoms with E-state index in [0.29, 0.717) is 0 Å². The summed E-state index contributed by atoms with van der Waals surface area (Å²) in [5, 5.41) is 276. The highest BCUT2D eigenvalue weighted by atomic mass is 16.8. The second-order valence-corrected chi connectivity index (χ2v) is 28.2. The van der Waals surface area contributed by atoms with Gasteiger partial charge in [0.25, 0.3) is 0 Å². The van der Waals surface area contributed by atoms with Gasteiger partial charge in [0.2, 0.25) is 23.6 Å². The molecule has 9 aliphatic rings. The molecule has 9 aliphatic heterocycles. The van der Waals surface area contributed by atoms with Crippen LogP contribution in [0.3, 0.4) is 0 Å². The SMILES string of the molecule is CC(=O)N[C@H]1C(O[C@@H]2C(OC[C@H]3OC(O[C@H]4[C@H](O)[C@@H](NC(C)=O)C(O[C@H]5[C@H](O)[C@@H](NC(C)=O)C(O)O[C@@H]5COC5O[C@@H](C)[C@@H](O)[C@@H](O)[C@@H]5O)O[C@@H]4CO)[C@@H](O)[C@@H](OC4O[C@H](CO)[C@@H](O)[C@H](O)[C@@H]4OC4O[C@H](CO)[C@@H](OC5O[C@H](CO)[C@H](O)[C@H](O)[C@H]5O)[C@H](O)[C@H]4NC(C)=O)[C@@H]3O)O[C@H](CO)[C@@H](O)[C@@H]2O)O[C@H](CO)[C@@H](O)[C@@H]1O. The number of aliphatic hydroxyl groups is 24. The number of ether oxygens (including phenoxy) is 17. The summed E-state index contributed by atoms with van der Waals surface area (Å²) in [6.07, 6.45) is -83.4. The van der Waals surface area contributed by atoms with Gasteiger partial charge in [0.1, 0.15) is 213 Å². The van der Waals surface area contributed by atoms with E-state index in [9.17, 15) is 142 Å². The zero-order valence-electron chi connectivity index (χ0n) is 59.9. The molecule has 0 aliphatic carbocycles. The lowest BCUT2D eigenvalue weighted by molar-refractivity contribution is -0.398. The van der Waals surface area contributed by atoms with Gasteiger partial charge in [-0.25, -0.2) is 0 Å².